The summed E-state index contributed by atoms with van der Waals surface area (Å²) in [6.07, 6.45) is 0. The van der Waals surface area contributed by atoms with Crippen molar-refractivity contribution >= 4 is 0 Å². The molecule has 0 N–H and O–H groups in total. The Morgan fingerprint density at radius 3 is 1.08 bits per heavy atom. The van der Waals surface area contributed by atoms with Gasteiger partial charge in [-0.1, -0.05) is 212 Å². The third-order valence-corrected chi connectivity index (χ3v) is 12.6. The molecule has 9 aromatic carbocycles. The Hall–Kier alpha value is -8.01. The highest BCUT2D eigenvalue weighted by Crippen LogP contribution is 2.63. The molecular weight excluding hydrogens is 739 g/mol. The Kier molecular flexibility index (Phi) is 8.07. The fraction of sp³-hybridized carbons (Fsp3) is 0.0172. The molecule has 0 aliphatic heterocycles. The van der Waals surface area contributed by atoms with Gasteiger partial charge in [-0.3, -0.25) is 0 Å². The predicted molar refractivity (Wildman–Crippen MR) is 249 cm³/mol. The minimum absolute atomic E-state index is 0.414. The highest BCUT2D eigenvalue weighted by Gasteiger charge is 2.51. The highest BCUT2D eigenvalue weighted by atomic mass is 15.0. The zero-order chi connectivity index (χ0) is 40.3. The smallest absolute Gasteiger partial charge is 0.164 e. The quantitative estimate of drug-likeness (QED) is 0.169. The SMILES string of the molecule is c1ccc(-c2ccccc2-c2nc(-c3cccc(-c4ccc5c(c4)C4(c6ccccc6-c6ccccc64)c4ccccc4-5)c3)nc(-c3ccccc3-c3ccccc3)n2)cc1. The van der Waals surface area contributed by atoms with Crippen molar-refractivity contribution in [3.63, 3.8) is 0 Å². The Morgan fingerprint density at radius 1 is 0.213 bits per heavy atom. The van der Waals surface area contributed by atoms with E-state index >= 15 is 0 Å². The average Bonchev–Trinajstić information content (AvgIpc) is 3.81. The molecule has 3 heteroatoms. The monoisotopic (exact) mass is 775 g/mol. The third-order valence-electron chi connectivity index (χ3n) is 12.6. The maximum atomic E-state index is 5.29. The van der Waals surface area contributed by atoms with Gasteiger partial charge in [0.15, 0.2) is 17.5 Å². The van der Waals surface area contributed by atoms with Crippen molar-refractivity contribution in [1.29, 1.82) is 0 Å². The molecule has 1 spiro atoms. The second-order valence-corrected chi connectivity index (χ2v) is 15.9. The van der Waals surface area contributed by atoms with E-state index in [1.54, 1.807) is 0 Å². The molecule has 1 heterocycles. The van der Waals surface area contributed by atoms with Crippen LogP contribution >= 0.6 is 0 Å². The summed E-state index contributed by atoms with van der Waals surface area (Å²) in [5.74, 6) is 1.88. The molecule has 0 bridgehead atoms. The molecule has 0 fully saturated rings. The van der Waals surface area contributed by atoms with Gasteiger partial charge in [-0.2, -0.15) is 0 Å². The van der Waals surface area contributed by atoms with E-state index in [1.165, 1.54) is 44.5 Å². The van der Waals surface area contributed by atoms with Gasteiger partial charge in [0.25, 0.3) is 0 Å². The molecule has 0 unspecified atom stereocenters. The van der Waals surface area contributed by atoms with Crippen LogP contribution in [0.4, 0.5) is 0 Å². The average molecular weight is 776 g/mol. The van der Waals surface area contributed by atoms with Gasteiger partial charge >= 0.3 is 0 Å². The molecule has 0 atom stereocenters. The number of benzene rings is 9. The fourth-order valence-corrected chi connectivity index (χ4v) is 9.95. The van der Waals surface area contributed by atoms with Crippen molar-refractivity contribution in [2.45, 2.75) is 5.41 Å². The topological polar surface area (TPSA) is 38.7 Å². The number of hydrogen-bond acceptors (Lipinski definition) is 3. The molecule has 0 saturated carbocycles. The molecule has 10 aromatic rings. The van der Waals surface area contributed by atoms with Crippen LogP contribution in [0, 0.1) is 0 Å². The summed E-state index contributed by atoms with van der Waals surface area (Å²) in [6, 6.07) is 80.3. The lowest BCUT2D eigenvalue weighted by molar-refractivity contribution is 0.794. The van der Waals surface area contributed by atoms with Gasteiger partial charge in [0.1, 0.15) is 0 Å². The van der Waals surface area contributed by atoms with Gasteiger partial charge in [-0.05, 0) is 90.0 Å². The van der Waals surface area contributed by atoms with Gasteiger partial charge in [0.05, 0.1) is 5.41 Å². The lowest BCUT2D eigenvalue weighted by Crippen LogP contribution is -2.25. The van der Waals surface area contributed by atoms with Crippen LogP contribution in [0.2, 0.25) is 0 Å². The van der Waals surface area contributed by atoms with Crippen molar-refractivity contribution in [1.82, 2.24) is 15.0 Å². The van der Waals surface area contributed by atoms with Gasteiger partial charge in [0.2, 0.25) is 0 Å². The summed E-state index contributed by atoms with van der Waals surface area (Å²) >= 11 is 0. The summed E-state index contributed by atoms with van der Waals surface area (Å²) in [5.41, 5.74) is 19.5. The van der Waals surface area contributed by atoms with E-state index in [1.807, 2.05) is 12.1 Å². The van der Waals surface area contributed by atoms with Crippen molar-refractivity contribution in [2.75, 3.05) is 0 Å². The standard InChI is InChI=1S/C58H37N3/c1-3-18-38(19-4-1)43-24-7-9-29-49(43)56-59-55(60-57(61-56)50-30-10-8-25-44(50)39-20-5-2-6-21-39)42-23-17-22-40(36-42)41-34-35-48-47-28-13-16-33-53(47)58(54(48)37-41)51-31-14-11-26-45(51)46-27-12-15-32-52(46)58/h1-37H. The first kappa shape index (κ1) is 35.0. The Labute approximate surface area is 355 Å². The number of aromatic nitrogens is 3. The first-order valence-corrected chi connectivity index (χ1v) is 20.9. The van der Waals surface area contributed by atoms with Gasteiger partial charge in [0, 0.05) is 16.7 Å². The van der Waals surface area contributed by atoms with Crippen LogP contribution in [0.5, 0.6) is 0 Å². The first-order chi connectivity index (χ1) is 30.3. The summed E-state index contributed by atoms with van der Waals surface area (Å²) in [7, 11) is 0. The summed E-state index contributed by atoms with van der Waals surface area (Å²) in [4.78, 5) is 15.9. The van der Waals surface area contributed by atoms with Crippen molar-refractivity contribution < 1.29 is 0 Å². The minimum Gasteiger partial charge on any atom is -0.208 e. The van der Waals surface area contributed by atoms with Crippen LogP contribution in [-0.2, 0) is 5.41 Å². The molecule has 0 saturated heterocycles. The van der Waals surface area contributed by atoms with E-state index < -0.39 is 5.41 Å². The van der Waals surface area contributed by atoms with Crippen LogP contribution < -0.4 is 0 Å². The zero-order valence-electron chi connectivity index (χ0n) is 33.2. The lowest BCUT2D eigenvalue weighted by atomic mass is 9.70. The number of nitrogens with zero attached hydrogens (tertiary/aromatic N) is 3. The van der Waals surface area contributed by atoms with Crippen LogP contribution in [0.1, 0.15) is 22.3 Å². The van der Waals surface area contributed by atoms with E-state index in [2.05, 4.69) is 212 Å². The fourth-order valence-electron chi connectivity index (χ4n) is 9.95. The molecular formula is C58H37N3. The first-order valence-electron chi connectivity index (χ1n) is 20.9. The van der Waals surface area contributed by atoms with E-state index in [9.17, 15) is 0 Å². The molecule has 0 radical (unpaired) electrons. The second-order valence-electron chi connectivity index (χ2n) is 15.9. The molecule has 1 aromatic heterocycles. The number of rotatable bonds is 6. The van der Waals surface area contributed by atoms with Crippen LogP contribution in [0.3, 0.4) is 0 Å². The Bertz CT molecular complexity index is 3150. The molecule has 61 heavy (non-hydrogen) atoms. The summed E-state index contributed by atoms with van der Waals surface area (Å²) < 4.78 is 0. The molecule has 2 aliphatic rings. The van der Waals surface area contributed by atoms with Crippen LogP contribution in [0.25, 0.3) is 89.8 Å². The van der Waals surface area contributed by atoms with Crippen molar-refractivity contribution in [3.8, 4) is 89.8 Å². The second kappa shape index (κ2) is 14.1. The lowest BCUT2D eigenvalue weighted by Gasteiger charge is -2.30. The van der Waals surface area contributed by atoms with Gasteiger partial charge in [-0.15, -0.1) is 0 Å². The minimum atomic E-state index is -0.414. The van der Waals surface area contributed by atoms with E-state index in [0.717, 1.165) is 50.1 Å². The molecule has 12 rings (SSSR count). The van der Waals surface area contributed by atoms with Gasteiger partial charge in [-0.25, -0.2) is 15.0 Å². The maximum absolute atomic E-state index is 5.29. The van der Waals surface area contributed by atoms with E-state index in [-0.39, 0.29) is 0 Å². The van der Waals surface area contributed by atoms with Gasteiger partial charge < -0.3 is 0 Å². The largest absolute Gasteiger partial charge is 0.208 e. The zero-order valence-corrected chi connectivity index (χ0v) is 33.2. The van der Waals surface area contributed by atoms with E-state index in [4.69, 9.17) is 15.0 Å². The predicted octanol–water partition coefficient (Wildman–Crippen LogP) is 14.2. The molecule has 3 nitrogen and oxygen atoms in total. The molecule has 0 amide bonds. The number of fused-ring (bicyclic) bond motifs is 10. The maximum Gasteiger partial charge on any atom is 0.164 e. The van der Waals surface area contributed by atoms with Crippen molar-refractivity contribution in [3.05, 3.63) is 247 Å². The highest BCUT2D eigenvalue weighted by molar-refractivity contribution is 5.96. The Morgan fingerprint density at radius 2 is 0.574 bits per heavy atom. The molecule has 284 valence electrons. The van der Waals surface area contributed by atoms with Crippen LogP contribution in [0.15, 0.2) is 224 Å². The summed E-state index contributed by atoms with van der Waals surface area (Å²) in [5, 5.41) is 0. The summed E-state index contributed by atoms with van der Waals surface area (Å²) in [6.45, 7) is 0. The normalized spacial score (nSPS) is 12.7. The van der Waals surface area contributed by atoms with E-state index in [0.29, 0.717) is 17.5 Å². The Balaban J connectivity index is 1.04. The molecule has 2 aliphatic carbocycles. The number of hydrogen-bond donors (Lipinski definition) is 0. The van der Waals surface area contributed by atoms with Crippen LogP contribution in [-0.4, -0.2) is 15.0 Å². The van der Waals surface area contributed by atoms with Crippen molar-refractivity contribution in [2.24, 2.45) is 0 Å². The third kappa shape index (κ3) is 5.48.